The Bertz CT molecular complexity index is 481. The van der Waals surface area contributed by atoms with Crippen LogP contribution in [0.15, 0.2) is 12.3 Å². The number of nitro groups is 1. The SMILES string of the molecule is CN(CC(F)F)C(=O)c1cc(N)ncc1[N+](=O)[O-]. The monoisotopic (exact) mass is 260 g/mol. The molecule has 0 aliphatic heterocycles. The van der Waals surface area contributed by atoms with E-state index in [1.807, 2.05) is 0 Å². The maximum atomic E-state index is 12.1. The Morgan fingerprint density at radius 2 is 2.28 bits per heavy atom. The number of halogens is 2. The molecule has 1 rings (SSSR count). The van der Waals surface area contributed by atoms with Crippen LogP contribution in [0.4, 0.5) is 20.3 Å². The summed E-state index contributed by atoms with van der Waals surface area (Å²) in [6.07, 6.45) is -1.91. The van der Waals surface area contributed by atoms with Crippen LogP contribution >= 0.6 is 0 Å². The summed E-state index contributed by atoms with van der Waals surface area (Å²) in [6.45, 7) is -0.821. The lowest BCUT2D eigenvalue weighted by Gasteiger charge is -2.16. The highest BCUT2D eigenvalue weighted by Crippen LogP contribution is 2.20. The average molecular weight is 260 g/mol. The number of carbonyl (C=O) groups is 1. The Balaban J connectivity index is 3.11. The van der Waals surface area contributed by atoms with Gasteiger partial charge in [-0.25, -0.2) is 13.8 Å². The van der Waals surface area contributed by atoms with E-state index in [0.717, 1.165) is 19.3 Å². The van der Waals surface area contributed by atoms with Crippen molar-refractivity contribution in [2.24, 2.45) is 0 Å². The molecule has 18 heavy (non-hydrogen) atoms. The number of amides is 1. The molecule has 0 aliphatic rings. The van der Waals surface area contributed by atoms with Gasteiger partial charge in [0.25, 0.3) is 18.0 Å². The molecule has 0 unspecified atom stereocenters. The number of alkyl halides is 2. The van der Waals surface area contributed by atoms with Crippen LogP contribution in [0.1, 0.15) is 10.4 Å². The van der Waals surface area contributed by atoms with Crippen molar-refractivity contribution in [3.63, 3.8) is 0 Å². The van der Waals surface area contributed by atoms with Crippen molar-refractivity contribution in [1.82, 2.24) is 9.88 Å². The molecule has 0 saturated carbocycles. The lowest BCUT2D eigenvalue weighted by molar-refractivity contribution is -0.385. The van der Waals surface area contributed by atoms with Gasteiger partial charge in [-0.1, -0.05) is 0 Å². The van der Waals surface area contributed by atoms with Gasteiger partial charge in [-0.2, -0.15) is 0 Å². The van der Waals surface area contributed by atoms with Gasteiger partial charge in [0, 0.05) is 7.05 Å². The van der Waals surface area contributed by atoms with Crippen LogP contribution in [0.5, 0.6) is 0 Å². The molecule has 0 saturated heterocycles. The number of hydrogen-bond donors (Lipinski definition) is 1. The van der Waals surface area contributed by atoms with Crippen LogP contribution in [-0.4, -0.2) is 40.7 Å². The quantitative estimate of drug-likeness (QED) is 0.640. The molecule has 1 amide bonds. The Morgan fingerprint density at radius 1 is 1.67 bits per heavy atom. The van der Waals surface area contributed by atoms with Crippen LogP contribution in [0.2, 0.25) is 0 Å². The zero-order chi connectivity index (χ0) is 13.9. The summed E-state index contributed by atoms with van der Waals surface area (Å²) in [5.41, 5.74) is 4.38. The first-order chi connectivity index (χ1) is 8.32. The minimum Gasteiger partial charge on any atom is -0.384 e. The van der Waals surface area contributed by atoms with Crippen molar-refractivity contribution < 1.29 is 18.5 Å². The fourth-order valence-electron chi connectivity index (χ4n) is 1.28. The number of nitrogen functional groups attached to an aromatic ring is 1. The average Bonchev–Trinajstić information content (AvgIpc) is 2.26. The molecule has 1 heterocycles. The minimum atomic E-state index is -2.72. The lowest BCUT2D eigenvalue weighted by Crippen LogP contribution is -2.31. The third kappa shape index (κ3) is 3.09. The van der Waals surface area contributed by atoms with Crippen molar-refractivity contribution in [3.8, 4) is 0 Å². The summed E-state index contributed by atoms with van der Waals surface area (Å²) in [4.78, 5) is 25.8. The highest BCUT2D eigenvalue weighted by molar-refractivity contribution is 5.98. The molecule has 1 aromatic rings. The van der Waals surface area contributed by atoms with Crippen LogP contribution in [0, 0.1) is 10.1 Å². The van der Waals surface area contributed by atoms with E-state index in [9.17, 15) is 23.7 Å². The molecule has 0 aromatic carbocycles. The van der Waals surface area contributed by atoms with Crippen LogP contribution < -0.4 is 5.73 Å². The molecule has 0 atom stereocenters. The van der Waals surface area contributed by atoms with Crippen LogP contribution in [-0.2, 0) is 0 Å². The van der Waals surface area contributed by atoms with Gasteiger partial charge in [0.2, 0.25) is 0 Å². The van der Waals surface area contributed by atoms with Gasteiger partial charge < -0.3 is 10.6 Å². The van der Waals surface area contributed by atoms with E-state index in [-0.39, 0.29) is 11.4 Å². The lowest BCUT2D eigenvalue weighted by atomic mass is 10.2. The Labute approximate surface area is 100 Å². The number of nitrogens with two attached hydrogens (primary N) is 1. The summed E-state index contributed by atoms with van der Waals surface area (Å²) in [5, 5.41) is 10.7. The van der Waals surface area contributed by atoms with Crippen molar-refractivity contribution >= 4 is 17.4 Å². The van der Waals surface area contributed by atoms with Gasteiger partial charge in [-0.05, 0) is 6.07 Å². The van der Waals surface area contributed by atoms with Gasteiger partial charge in [0.05, 0.1) is 11.5 Å². The summed E-state index contributed by atoms with van der Waals surface area (Å²) in [7, 11) is 1.12. The standard InChI is InChI=1S/C9H10F2N4O3/c1-14(4-7(10)11)9(16)5-2-8(12)13-3-6(5)15(17)18/h2-3,7H,4H2,1H3,(H2,12,13). The van der Waals surface area contributed by atoms with Crippen molar-refractivity contribution in [2.75, 3.05) is 19.3 Å². The molecule has 7 nitrogen and oxygen atoms in total. The minimum absolute atomic E-state index is 0.102. The van der Waals surface area contributed by atoms with E-state index in [2.05, 4.69) is 4.98 Å². The Kier molecular flexibility index (Phi) is 4.08. The zero-order valence-corrected chi connectivity index (χ0v) is 9.34. The van der Waals surface area contributed by atoms with Gasteiger partial charge in [0.15, 0.2) is 0 Å². The van der Waals surface area contributed by atoms with Gasteiger partial charge >= 0.3 is 0 Å². The molecular weight excluding hydrogens is 250 g/mol. The van der Waals surface area contributed by atoms with Gasteiger partial charge in [-0.15, -0.1) is 0 Å². The number of pyridine rings is 1. The normalized spacial score (nSPS) is 10.4. The second kappa shape index (κ2) is 5.34. The molecule has 0 radical (unpaired) electrons. The maximum absolute atomic E-state index is 12.1. The zero-order valence-electron chi connectivity index (χ0n) is 9.34. The predicted octanol–water partition coefficient (Wildman–Crippen LogP) is 0.909. The second-order valence-electron chi connectivity index (χ2n) is 3.46. The smallest absolute Gasteiger partial charge is 0.300 e. The number of aromatic nitrogens is 1. The first kappa shape index (κ1) is 13.7. The second-order valence-corrected chi connectivity index (χ2v) is 3.46. The van der Waals surface area contributed by atoms with Gasteiger partial charge in [-0.3, -0.25) is 14.9 Å². The van der Waals surface area contributed by atoms with Crippen molar-refractivity contribution in [3.05, 3.63) is 27.9 Å². The summed E-state index contributed by atoms with van der Waals surface area (Å²) >= 11 is 0. The summed E-state index contributed by atoms with van der Waals surface area (Å²) in [5.74, 6) is -1.01. The fourth-order valence-corrected chi connectivity index (χ4v) is 1.28. The summed E-state index contributed by atoms with van der Waals surface area (Å²) in [6, 6.07) is 0.989. The van der Waals surface area contributed by atoms with E-state index in [1.54, 1.807) is 0 Å². The highest BCUT2D eigenvalue weighted by atomic mass is 19.3. The molecule has 98 valence electrons. The molecule has 1 aromatic heterocycles. The van der Waals surface area contributed by atoms with Crippen molar-refractivity contribution in [1.29, 1.82) is 0 Å². The number of carbonyl (C=O) groups excluding carboxylic acids is 1. The first-order valence-corrected chi connectivity index (χ1v) is 4.76. The summed E-state index contributed by atoms with van der Waals surface area (Å²) < 4.78 is 24.3. The van der Waals surface area contributed by atoms with E-state index in [0.29, 0.717) is 4.90 Å². The topological polar surface area (TPSA) is 102 Å². The number of rotatable bonds is 4. The third-order valence-electron chi connectivity index (χ3n) is 2.09. The molecule has 0 aliphatic carbocycles. The van der Waals surface area contributed by atoms with Crippen LogP contribution in [0.3, 0.4) is 0 Å². The molecule has 0 bridgehead atoms. The fraction of sp³-hybridized carbons (Fsp3) is 0.333. The van der Waals surface area contributed by atoms with Gasteiger partial charge in [0.1, 0.15) is 17.6 Å². The Morgan fingerprint density at radius 3 is 2.78 bits per heavy atom. The van der Waals surface area contributed by atoms with E-state index in [1.165, 1.54) is 0 Å². The van der Waals surface area contributed by atoms with E-state index in [4.69, 9.17) is 5.73 Å². The molecule has 0 fully saturated rings. The predicted molar refractivity (Wildman–Crippen MR) is 58.3 cm³/mol. The highest BCUT2D eigenvalue weighted by Gasteiger charge is 2.25. The molecule has 0 spiro atoms. The van der Waals surface area contributed by atoms with Crippen LogP contribution in [0.25, 0.3) is 0 Å². The number of nitrogens with zero attached hydrogens (tertiary/aromatic N) is 3. The first-order valence-electron chi connectivity index (χ1n) is 4.76. The number of hydrogen-bond acceptors (Lipinski definition) is 5. The van der Waals surface area contributed by atoms with E-state index >= 15 is 0 Å². The Hall–Kier alpha value is -2.32. The third-order valence-corrected chi connectivity index (χ3v) is 2.09. The maximum Gasteiger partial charge on any atom is 0.300 e. The molecular formula is C9H10F2N4O3. The number of anilines is 1. The van der Waals surface area contributed by atoms with Crippen molar-refractivity contribution in [2.45, 2.75) is 6.43 Å². The van der Waals surface area contributed by atoms with E-state index < -0.39 is 29.5 Å². The molecule has 2 N–H and O–H groups in total. The largest absolute Gasteiger partial charge is 0.384 e. The molecule has 9 heteroatoms.